The molecule has 1 aromatic rings. The number of hydrogen-bond acceptors (Lipinski definition) is 5. The largest absolute Gasteiger partial charge is 0.394 e. The topological polar surface area (TPSA) is 69.9 Å². The molecule has 1 aromatic carbocycles. The Kier molecular flexibility index (Phi) is 4.42. The van der Waals surface area contributed by atoms with E-state index in [1.54, 1.807) is 0 Å². The van der Waals surface area contributed by atoms with E-state index in [0.29, 0.717) is 6.42 Å². The first-order valence-corrected chi connectivity index (χ1v) is 6.43. The summed E-state index contributed by atoms with van der Waals surface area (Å²) < 4.78 is 5.53. The van der Waals surface area contributed by atoms with Crippen LogP contribution < -0.4 is 0 Å². The van der Waals surface area contributed by atoms with Crippen LogP contribution in [0.2, 0.25) is 0 Å². The molecule has 94 valence electrons. The standard InChI is InChI=1S/C12H16O4S/c13-7-10-12(15)9(14)6-11(16-10)17-8-4-2-1-3-5-8/h1-5,9-15H,6-7H2/t9-,10?,11+,12-/m1/s1. The molecular weight excluding hydrogens is 240 g/mol. The highest BCUT2D eigenvalue weighted by Crippen LogP contribution is 2.32. The minimum absolute atomic E-state index is 0.243. The van der Waals surface area contributed by atoms with E-state index >= 15 is 0 Å². The summed E-state index contributed by atoms with van der Waals surface area (Å²) in [5, 5.41) is 28.3. The molecule has 5 heteroatoms. The molecule has 17 heavy (non-hydrogen) atoms. The molecule has 0 saturated carbocycles. The molecule has 0 aromatic heterocycles. The van der Waals surface area contributed by atoms with Gasteiger partial charge in [0, 0.05) is 11.3 Å². The monoisotopic (exact) mass is 256 g/mol. The van der Waals surface area contributed by atoms with Crippen molar-refractivity contribution in [2.45, 2.75) is 35.1 Å². The molecule has 4 nitrogen and oxygen atoms in total. The van der Waals surface area contributed by atoms with Crippen molar-refractivity contribution in [2.24, 2.45) is 0 Å². The summed E-state index contributed by atoms with van der Waals surface area (Å²) in [6.07, 6.45) is -2.20. The van der Waals surface area contributed by atoms with Crippen LogP contribution in [0.15, 0.2) is 35.2 Å². The average Bonchev–Trinajstić information content (AvgIpc) is 2.35. The Morgan fingerprint density at radius 2 is 1.94 bits per heavy atom. The SMILES string of the molecule is OCC1O[C@@H](Sc2ccccc2)C[C@@H](O)[C@H]1O. The van der Waals surface area contributed by atoms with Gasteiger partial charge in [-0.1, -0.05) is 30.0 Å². The fraction of sp³-hybridized carbons (Fsp3) is 0.500. The van der Waals surface area contributed by atoms with Crippen LogP contribution in [0, 0.1) is 0 Å². The molecule has 1 unspecified atom stereocenters. The van der Waals surface area contributed by atoms with Crippen LogP contribution in [0.1, 0.15) is 6.42 Å². The number of aliphatic hydroxyl groups is 3. The van der Waals surface area contributed by atoms with Gasteiger partial charge in [-0.3, -0.25) is 0 Å². The maximum absolute atomic E-state index is 9.67. The van der Waals surface area contributed by atoms with Crippen molar-refractivity contribution in [2.75, 3.05) is 6.61 Å². The Bertz CT molecular complexity index is 346. The van der Waals surface area contributed by atoms with Crippen LogP contribution in [0.4, 0.5) is 0 Å². The van der Waals surface area contributed by atoms with Gasteiger partial charge in [0.2, 0.25) is 0 Å². The van der Waals surface area contributed by atoms with E-state index in [9.17, 15) is 10.2 Å². The van der Waals surface area contributed by atoms with E-state index in [1.165, 1.54) is 11.8 Å². The third-order valence-electron chi connectivity index (χ3n) is 2.73. The summed E-state index contributed by atoms with van der Waals surface area (Å²) in [7, 11) is 0. The first kappa shape index (κ1) is 12.9. The third-order valence-corrected chi connectivity index (χ3v) is 3.84. The molecule has 1 heterocycles. The Labute approximate surface area is 104 Å². The Morgan fingerprint density at radius 1 is 1.24 bits per heavy atom. The minimum Gasteiger partial charge on any atom is -0.394 e. The quantitative estimate of drug-likeness (QED) is 0.739. The van der Waals surface area contributed by atoms with Gasteiger partial charge in [0.1, 0.15) is 17.6 Å². The molecule has 1 saturated heterocycles. The second-order valence-electron chi connectivity index (χ2n) is 4.01. The summed E-state index contributed by atoms with van der Waals surface area (Å²) in [6.45, 7) is -0.288. The van der Waals surface area contributed by atoms with Crippen molar-refractivity contribution in [1.29, 1.82) is 0 Å². The van der Waals surface area contributed by atoms with Gasteiger partial charge >= 0.3 is 0 Å². The predicted octanol–water partition coefficient (Wildman–Crippen LogP) is 0.608. The van der Waals surface area contributed by atoms with Crippen LogP contribution >= 0.6 is 11.8 Å². The zero-order valence-corrected chi connectivity index (χ0v) is 10.1. The van der Waals surface area contributed by atoms with E-state index in [2.05, 4.69) is 0 Å². The zero-order chi connectivity index (χ0) is 12.3. The molecule has 0 spiro atoms. The van der Waals surface area contributed by atoms with Crippen molar-refractivity contribution >= 4 is 11.8 Å². The molecule has 0 radical (unpaired) electrons. The maximum Gasteiger partial charge on any atom is 0.110 e. The van der Waals surface area contributed by atoms with Gasteiger partial charge in [-0.05, 0) is 12.1 Å². The Morgan fingerprint density at radius 3 is 2.59 bits per heavy atom. The lowest BCUT2D eigenvalue weighted by Crippen LogP contribution is -2.48. The molecule has 1 fully saturated rings. The van der Waals surface area contributed by atoms with Gasteiger partial charge in [0.25, 0.3) is 0 Å². The summed E-state index contributed by atoms with van der Waals surface area (Å²) >= 11 is 1.48. The van der Waals surface area contributed by atoms with Gasteiger partial charge in [0.15, 0.2) is 0 Å². The predicted molar refractivity (Wildman–Crippen MR) is 64.7 cm³/mol. The molecule has 0 amide bonds. The van der Waals surface area contributed by atoms with Crippen LogP contribution in [-0.2, 0) is 4.74 Å². The van der Waals surface area contributed by atoms with E-state index in [0.717, 1.165) is 4.90 Å². The second kappa shape index (κ2) is 5.84. The summed E-state index contributed by atoms with van der Waals surface area (Å²) in [6, 6.07) is 9.71. The maximum atomic E-state index is 9.67. The Hall–Kier alpha value is -0.590. The van der Waals surface area contributed by atoms with Gasteiger partial charge in [-0.25, -0.2) is 0 Å². The number of thioether (sulfide) groups is 1. The fourth-order valence-electron chi connectivity index (χ4n) is 1.79. The lowest BCUT2D eigenvalue weighted by molar-refractivity contribution is -0.157. The van der Waals surface area contributed by atoms with Crippen molar-refractivity contribution in [3.05, 3.63) is 30.3 Å². The van der Waals surface area contributed by atoms with Gasteiger partial charge < -0.3 is 20.1 Å². The normalized spacial score (nSPS) is 33.6. The highest BCUT2D eigenvalue weighted by atomic mass is 32.2. The van der Waals surface area contributed by atoms with E-state index in [-0.39, 0.29) is 12.0 Å². The number of rotatable bonds is 3. The highest BCUT2D eigenvalue weighted by molar-refractivity contribution is 7.99. The summed E-state index contributed by atoms with van der Waals surface area (Å²) in [5.74, 6) is 0. The molecule has 2 rings (SSSR count). The number of ether oxygens (including phenoxy) is 1. The first-order chi connectivity index (χ1) is 8.20. The molecule has 1 aliphatic heterocycles. The lowest BCUT2D eigenvalue weighted by Gasteiger charge is -2.35. The van der Waals surface area contributed by atoms with E-state index in [1.807, 2.05) is 30.3 Å². The van der Waals surface area contributed by atoms with Crippen LogP contribution in [0.25, 0.3) is 0 Å². The van der Waals surface area contributed by atoms with Crippen molar-refractivity contribution in [3.63, 3.8) is 0 Å². The third kappa shape index (κ3) is 3.20. The zero-order valence-electron chi connectivity index (χ0n) is 9.27. The summed E-state index contributed by atoms with van der Waals surface area (Å²) in [4.78, 5) is 1.04. The average molecular weight is 256 g/mol. The van der Waals surface area contributed by atoms with Crippen LogP contribution in [-0.4, -0.2) is 45.7 Å². The smallest absolute Gasteiger partial charge is 0.110 e. The van der Waals surface area contributed by atoms with Gasteiger partial charge in [0.05, 0.1) is 12.7 Å². The minimum atomic E-state index is -1.01. The van der Waals surface area contributed by atoms with Crippen molar-refractivity contribution in [1.82, 2.24) is 0 Å². The van der Waals surface area contributed by atoms with E-state index in [4.69, 9.17) is 9.84 Å². The Balaban J connectivity index is 1.98. The molecule has 3 N–H and O–H groups in total. The second-order valence-corrected chi connectivity index (χ2v) is 5.24. The molecular formula is C12H16O4S. The number of hydrogen-bond donors (Lipinski definition) is 3. The summed E-state index contributed by atoms with van der Waals surface area (Å²) in [5.41, 5.74) is -0.243. The van der Waals surface area contributed by atoms with Crippen molar-refractivity contribution in [3.8, 4) is 0 Å². The lowest BCUT2D eigenvalue weighted by atomic mass is 10.0. The molecule has 4 atom stereocenters. The molecule has 1 aliphatic rings. The first-order valence-electron chi connectivity index (χ1n) is 5.55. The van der Waals surface area contributed by atoms with Crippen LogP contribution in [0.5, 0.6) is 0 Å². The molecule has 0 bridgehead atoms. The van der Waals surface area contributed by atoms with Crippen molar-refractivity contribution < 1.29 is 20.1 Å². The highest BCUT2D eigenvalue weighted by Gasteiger charge is 2.36. The molecule has 0 aliphatic carbocycles. The van der Waals surface area contributed by atoms with E-state index < -0.39 is 18.3 Å². The number of benzene rings is 1. The fourth-order valence-corrected chi connectivity index (χ4v) is 2.90. The van der Waals surface area contributed by atoms with Gasteiger partial charge in [-0.15, -0.1) is 0 Å². The number of aliphatic hydroxyl groups excluding tert-OH is 3. The van der Waals surface area contributed by atoms with Gasteiger partial charge in [-0.2, -0.15) is 0 Å². The van der Waals surface area contributed by atoms with Crippen LogP contribution in [0.3, 0.4) is 0 Å².